The van der Waals surface area contributed by atoms with Gasteiger partial charge in [-0.2, -0.15) is 13.5 Å². The molecule has 0 fully saturated rings. The van der Waals surface area contributed by atoms with Crippen molar-refractivity contribution in [3.63, 3.8) is 0 Å². The van der Waals surface area contributed by atoms with E-state index in [1.807, 2.05) is 0 Å². The molecule has 9 heavy (non-hydrogen) atoms. The Morgan fingerprint density at radius 3 is 1.33 bits per heavy atom. The lowest BCUT2D eigenvalue weighted by Gasteiger charge is -1.74. The molecule has 0 aromatic heterocycles. The van der Waals surface area contributed by atoms with Crippen LogP contribution in [0.2, 0.25) is 0 Å². The van der Waals surface area contributed by atoms with E-state index in [0.29, 0.717) is 12.2 Å². The standard InChI is InChI=1S/C4H4O4.H2S/c5-3(6)1-2-4(7)8;/h1-2H,(H,5,6)(H,7,8);1H2/b2-1+;. The minimum atomic E-state index is -1.26. The molecule has 0 atom stereocenters. The molecule has 0 aliphatic rings. The Hall–Kier alpha value is -0.970. The highest BCUT2D eigenvalue weighted by atomic mass is 32.1. The molecule has 0 aromatic rings. The lowest BCUT2D eigenvalue weighted by atomic mass is 10.5. The first-order valence-corrected chi connectivity index (χ1v) is 1.77. The summed E-state index contributed by atoms with van der Waals surface area (Å²) >= 11 is 0. The molecule has 0 saturated heterocycles. The summed E-state index contributed by atoms with van der Waals surface area (Å²) in [4.78, 5) is 19.1. The fraction of sp³-hybridized carbons (Fsp3) is 0. The molecule has 0 unspecified atom stereocenters. The maximum absolute atomic E-state index is 9.55. The van der Waals surface area contributed by atoms with Gasteiger partial charge < -0.3 is 10.2 Å². The highest BCUT2D eigenvalue weighted by Gasteiger charge is 1.88. The summed E-state index contributed by atoms with van der Waals surface area (Å²) in [6, 6.07) is 0. The molecule has 0 spiro atoms. The SMILES string of the molecule is O=C(O)/C=C/C(=O)O.S. The van der Waals surface area contributed by atoms with Gasteiger partial charge in [0.2, 0.25) is 0 Å². The van der Waals surface area contributed by atoms with Gasteiger partial charge in [0.25, 0.3) is 0 Å². The number of carboxylic acids is 2. The van der Waals surface area contributed by atoms with Crippen molar-refractivity contribution in [3.05, 3.63) is 12.2 Å². The van der Waals surface area contributed by atoms with Crippen LogP contribution in [0.1, 0.15) is 0 Å². The van der Waals surface area contributed by atoms with Gasteiger partial charge >= 0.3 is 11.9 Å². The highest BCUT2D eigenvalue weighted by Crippen LogP contribution is 1.70. The molecule has 0 bridgehead atoms. The Balaban J connectivity index is 0. The maximum Gasteiger partial charge on any atom is 0.328 e. The number of aliphatic carboxylic acids is 2. The molecule has 0 saturated carbocycles. The van der Waals surface area contributed by atoms with Crippen molar-refractivity contribution in [1.29, 1.82) is 0 Å². The van der Waals surface area contributed by atoms with Crippen molar-refractivity contribution in [2.24, 2.45) is 0 Å². The zero-order valence-corrected chi connectivity index (χ0v) is 5.37. The number of hydrogen-bond donors (Lipinski definition) is 2. The van der Waals surface area contributed by atoms with E-state index in [-0.39, 0.29) is 13.5 Å². The van der Waals surface area contributed by atoms with E-state index < -0.39 is 11.9 Å². The van der Waals surface area contributed by atoms with Crippen LogP contribution in [0, 0.1) is 0 Å². The smallest absolute Gasteiger partial charge is 0.328 e. The summed E-state index contributed by atoms with van der Waals surface area (Å²) in [5.41, 5.74) is 0. The third-order valence-corrected chi connectivity index (χ3v) is 0.368. The summed E-state index contributed by atoms with van der Waals surface area (Å²) in [6.07, 6.45) is 1.12. The van der Waals surface area contributed by atoms with Gasteiger partial charge in [-0.3, -0.25) is 0 Å². The molecular formula is C4H6O4S. The molecule has 4 nitrogen and oxygen atoms in total. The Kier molecular flexibility index (Phi) is 6.27. The lowest BCUT2D eigenvalue weighted by molar-refractivity contribution is -0.134. The van der Waals surface area contributed by atoms with E-state index >= 15 is 0 Å². The quantitative estimate of drug-likeness (QED) is 0.536. The average molecular weight is 150 g/mol. The molecule has 2 N–H and O–H groups in total. The first kappa shape index (κ1) is 10.9. The summed E-state index contributed by atoms with van der Waals surface area (Å²) < 4.78 is 0. The Bertz CT molecular complexity index is 124. The van der Waals surface area contributed by atoms with Gasteiger partial charge in [-0.1, -0.05) is 0 Å². The van der Waals surface area contributed by atoms with Crippen LogP contribution < -0.4 is 0 Å². The minimum Gasteiger partial charge on any atom is -0.478 e. The zero-order chi connectivity index (χ0) is 6.57. The second-order valence-corrected chi connectivity index (χ2v) is 1.01. The van der Waals surface area contributed by atoms with Crippen molar-refractivity contribution in [3.8, 4) is 0 Å². The highest BCUT2D eigenvalue weighted by molar-refractivity contribution is 7.59. The van der Waals surface area contributed by atoms with E-state index in [0.717, 1.165) is 0 Å². The van der Waals surface area contributed by atoms with Crippen LogP contribution in [0.25, 0.3) is 0 Å². The lowest BCUT2D eigenvalue weighted by Crippen LogP contribution is -1.91. The van der Waals surface area contributed by atoms with Crippen LogP contribution in [-0.2, 0) is 9.59 Å². The summed E-state index contributed by atoms with van der Waals surface area (Å²) in [5.74, 6) is -2.51. The van der Waals surface area contributed by atoms with E-state index in [4.69, 9.17) is 10.2 Å². The van der Waals surface area contributed by atoms with Gasteiger partial charge in [0.15, 0.2) is 0 Å². The Morgan fingerprint density at radius 2 is 1.22 bits per heavy atom. The molecule has 0 rings (SSSR count). The molecular weight excluding hydrogens is 144 g/mol. The molecule has 0 aromatic carbocycles. The van der Waals surface area contributed by atoms with Gasteiger partial charge in [0.1, 0.15) is 0 Å². The van der Waals surface area contributed by atoms with E-state index in [1.165, 1.54) is 0 Å². The van der Waals surface area contributed by atoms with Crippen molar-refractivity contribution < 1.29 is 19.8 Å². The van der Waals surface area contributed by atoms with E-state index in [2.05, 4.69) is 0 Å². The van der Waals surface area contributed by atoms with Crippen LogP contribution in [0.15, 0.2) is 12.2 Å². The molecule has 0 heterocycles. The third-order valence-electron chi connectivity index (χ3n) is 0.368. The number of hydrogen-bond acceptors (Lipinski definition) is 2. The third kappa shape index (κ3) is 11.0. The summed E-state index contributed by atoms with van der Waals surface area (Å²) in [7, 11) is 0. The molecule has 0 radical (unpaired) electrons. The number of carbonyl (C=O) groups is 2. The van der Waals surface area contributed by atoms with Crippen LogP contribution in [-0.4, -0.2) is 22.2 Å². The van der Waals surface area contributed by atoms with E-state index in [1.54, 1.807) is 0 Å². The van der Waals surface area contributed by atoms with Gasteiger partial charge in [0, 0.05) is 12.2 Å². The number of rotatable bonds is 2. The average Bonchev–Trinajstić information content (AvgIpc) is 1.61. The fourth-order valence-electron chi connectivity index (χ4n) is 0.143. The molecule has 0 aliphatic carbocycles. The largest absolute Gasteiger partial charge is 0.478 e. The van der Waals surface area contributed by atoms with Gasteiger partial charge in [-0.25, -0.2) is 9.59 Å². The first-order valence-electron chi connectivity index (χ1n) is 1.77. The summed E-state index contributed by atoms with van der Waals surface area (Å²) in [5, 5.41) is 15.6. The van der Waals surface area contributed by atoms with Crippen molar-refractivity contribution >= 4 is 25.4 Å². The Morgan fingerprint density at radius 1 is 1.00 bits per heavy atom. The molecule has 0 amide bonds. The van der Waals surface area contributed by atoms with Crippen molar-refractivity contribution in [2.75, 3.05) is 0 Å². The minimum absolute atomic E-state index is 0. The fourth-order valence-corrected chi connectivity index (χ4v) is 0.143. The van der Waals surface area contributed by atoms with Gasteiger partial charge in [-0.05, 0) is 0 Å². The summed E-state index contributed by atoms with van der Waals surface area (Å²) in [6.45, 7) is 0. The van der Waals surface area contributed by atoms with Crippen LogP contribution in [0.3, 0.4) is 0 Å². The first-order chi connectivity index (χ1) is 3.63. The van der Waals surface area contributed by atoms with Crippen molar-refractivity contribution in [1.82, 2.24) is 0 Å². The number of carboxylic acid groups (broad SMARTS) is 2. The predicted molar refractivity (Wildman–Crippen MR) is 34.8 cm³/mol. The molecule has 52 valence electrons. The van der Waals surface area contributed by atoms with Crippen LogP contribution >= 0.6 is 13.5 Å². The van der Waals surface area contributed by atoms with Gasteiger partial charge in [0.05, 0.1) is 0 Å². The topological polar surface area (TPSA) is 74.6 Å². The van der Waals surface area contributed by atoms with Gasteiger partial charge in [-0.15, -0.1) is 0 Å². The van der Waals surface area contributed by atoms with Crippen molar-refractivity contribution in [2.45, 2.75) is 0 Å². The normalized spacial score (nSPS) is 8.44. The zero-order valence-electron chi connectivity index (χ0n) is 4.37. The predicted octanol–water partition coefficient (Wildman–Crippen LogP) is -0.175. The Labute approximate surface area is 58.2 Å². The van der Waals surface area contributed by atoms with Crippen LogP contribution in [0.4, 0.5) is 0 Å². The van der Waals surface area contributed by atoms with Crippen LogP contribution in [0.5, 0.6) is 0 Å². The second-order valence-electron chi connectivity index (χ2n) is 1.01. The maximum atomic E-state index is 9.55. The van der Waals surface area contributed by atoms with E-state index in [9.17, 15) is 9.59 Å². The monoisotopic (exact) mass is 150 g/mol. The second kappa shape index (κ2) is 5.17. The molecule has 5 heteroatoms. The molecule has 0 aliphatic heterocycles.